The van der Waals surface area contributed by atoms with Crippen LogP contribution in [0.4, 0.5) is 14.5 Å². The fraction of sp³-hybridized carbons (Fsp3) is 0.0714. The van der Waals surface area contributed by atoms with Gasteiger partial charge in [0.1, 0.15) is 17.7 Å². The SMILES string of the molecule is NC(=O)C(Nc1ccccc1F)c1ccc(F)c(Br)c1. The average molecular weight is 341 g/mol. The van der Waals surface area contributed by atoms with Gasteiger partial charge in [0.25, 0.3) is 0 Å². The van der Waals surface area contributed by atoms with Crippen molar-refractivity contribution in [2.75, 3.05) is 5.32 Å². The molecule has 3 N–H and O–H groups in total. The third kappa shape index (κ3) is 3.14. The molecule has 1 unspecified atom stereocenters. The van der Waals surface area contributed by atoms with E-state index in [4.69, 9.17) is 5.73 Å². The Morgan fingerprint density at radius 1 is 1.15 bits per heavy atom. The van der Waals surface area contributed by atoms with Crippen LogP contribution in [-0.2, 0) is 4.79 Å². The maximum absolute atomic E-state index is 13.6. The predicted molar refractivity (Wildman–Crippen MR) is 76.1 cm³/mol. The smallest absolute Gasteiger partial charge is 0.244 e. The van der Waals surface area contributed by atoms with Gasteiger partial charge in [-0.25, -0.2) is 8.78 Å². The first-order valence-corrected chi connectivity index (χ1v) is 6.53. The first-order valence-electron chi connectivity index (χ1n) is 5.74. The Balaban J connectivity index is 2.34. The Labute approximate surface area is 122 Å². The lowest BCUT2D eigenvalue weighted by Crippen LogP contribution is -2.28. The standard InChI is InChI=1S/C14H11BrF2N2O/c15-9-7-8(5-6-10(9)16)13(14(18)20)19-12-4-2-1-3-11(12)17/h1-7,13,19H,(H2,18,20). The summed E-state index contributed by atoms with van der Waals surface area (Å²) >= 11 is 3.03. The first kappa shape index (κ1) is 14.5. The van der Waals surface area contributed by atoms with Crippen molar-refractivity contribution in [1.29, 1.82) is 0 Å². The lowest BCUT2D eigenvalue weighted by Gasteiger charge is -2.18. The predicted octanol–water partition coefficient (Wildman–Crippen LogP) is 3.37. The van der Waals surface area contributed by atoms with Crippen LogP contribution >= 0.6 is 15.9 Å². The minimum absolute atomic E-state index is 0.150. The average Bonchev–Trinajstić information content (AvgIpc) is 2.41. The highest BCUT2D eigenvalue weighted by Crippen LogP contribution is 2.25. The van der Waals surface area contributed by atoms with Crippen molar-refractivity contribution in [2.45, 2.75) is 6.04 Å². The van der Waals surface area contributed by atoms with Crippen LogP contribution in [0.25, 0.3) is 0 Å². The number of carbonyl (C=O) groups is 1. The lowest BCUT2D eigenvalue weighted by atomic mass is 10.1. The van der Waals surface area contributed by atoms with Crippen LogP contribution in [0.2, 0.25) is 0 Å². The number of primary amides is 1. The molecule has 2 aromatic rings. The maximum Gasteiger partial charge on any atom is 0.244 e. The lowest BCUT2D eigenvalue weighted by molar-refractivity contribution is -0.118. The van der Waals surface area contributed by atoms with Gasteiger partial charge in [-0.05, 0) is 45.8 Å². The summed E-state index contributed by atoms with van der Waals surface area (Å²) in [6.45, 7) is 0. The molecule has 0 saturated heterocycles. The van der Waals surface area contributed by atoms with Crippen molar-refractivity contribution < 1.29 is 13.6 Å². The zero-order chi connectivity index (χ0) is 14.7. The third-order valence-electron chi connectivity index (χ3n) is 2.74. The number of rotatable bonds is 4. The van der Waals surface area contributed by atoms with E-state index in [0.29, 0.717) is 5.56 Å². The highest BCUT2D eigenvalue weighted by molar-refractivity contribution is 9.10. The van der Waals surface area contributed by atoms with Gasteiger partial charge >= 0.3 is 0 Å². The second kappa shape index (κ2) is 6.00. The first-order chi connectivity index (χ1) is 9.49. The number of hydrogen-bond acceptors (Lipinski definition) is 2. The number of carbonyl (C=O) groups excluding carboxylic acids is 1. The summed E-state index contributed by atoms with van der Waals surface area (Å²) < 4.78 is 27.0. The highest BCUT2D eigenvalue weighted by Gasteiger charge is 2.19. The number of benzene rings is 2. The van der Waals surface area contributed by atoms with Gasteiger partial charge in [-0.1, -0.05) is 18.2 Å². The Hall–Kier alpha value is -1.95. The highest BCUT2D eigenvalue weighted by atomic mass is 79.9. The van der Waals surface area contributed by atoms with Gasteiger partial charge in [-0.2, -0.15) is 0 Å². The fourth-order valence-corrected chi connectivity index (χ4v) is 2.14. The molecule has 0 aromatic heterocycles. The van der Waals surface area contributed by atoms with Crippen LogP contribution in [0.1, 0.15) is 11.6 Å². The van der Waals surface area contributed by atoms with E-state index in [9.17, 15) is 13.6 Å². The summed E-state index contributed by atoms with van der Waals surface area (Å²) in [5, 5.41) is 2.72. The van der Waals surface area contributed by atoms with Crippen LogP contribution in [0.5, 0.6) is 0 Å². The van der Waals surface area contributed by atoms with E-state index >= 15 is 0 Å². The van der Waals surface area contributed by atoms with Gasteiger partial charge in [0.15, 0.2) is 0 Å². The molecule has 0 aliphatic carbocycles. The summed E-state index contributed by atoms with van der Waals surface area (Å²) in [7, 11) is 0. The Morgan fingerprint density at radius 2 is 1.85 bits per heavy atom. The summed E-state index contributed by atoms with van der Waals surface area (Å²) in [4.78, 5) is 11.5. The van der Waals surface area contributed by atoms with Crippen LogP contribution in [0.15, 0.2) is 46.9 Å². The van der Waals surface area contributed by atoms with Crippen molar-refractivity contribution in [2.24, 2.45) is 5.73 Å². The van der Waals surface area contributed by atoms with E-state index in [2.05, 4.69) is 21.2 Å². The van der Waals surface area contributed by atoms with Crippen LogP contribution < -0.4 is 11.1 Å². The van der Waals surface area contributed by atoms with Gasteiger partial charge in [0.05, 0.1) is 10.2 Å². The van der Waals surface area contributed by atoms with Crippen molar-refractivity contribution in [3.63, 3.8) is 0 Å². The molecule has 3 nitrogen and oxygen atoms in total. The van der Waals surface area contributed by atoms with Crippen molar-refractivity contribution in [3.8, 4) is 0 Å². The number of hydrogen-bond donors (Lipinski definition) is 2. The Morgan fingerprint density at radius 3 is 2.45 bits per heavy atom. The summed E-state index contributed by atoms with van der Waals surface area (Å²) in [5.41, 5.74) is 5.91. The van der Waals surface area contributed by atoms with E-state index in [0.717, 1.165) is 0 Å². The van der Waals surface area contributed by atoms with E-state index in [1.807, 2.05) is 0 Å². The zero-order valence-corrected chi connectivity index (χ0v) is 11.8. The monoisotopic (exact) mass is 340 g/mol. The quantitative estimate of drug-likeness (QED) is 0.896. The number of nitrogens with two attached hydrogens (primary N) is 1. The molecule has 104 valence electrons. The molecular weight excluding hydrogens is 330 g/mol. The van der Waals surface area contributed by atoms with Gasteiger partial charge < -0.3 is 11.1 Å². The van der Waals surface area contributed by atoms with E-state index < -0.39 is 23.6 Å². The molecule has 0 aliphatic rings. The molecule has 2 aromatic carbocycles. The molecule has 0 bridgehead atoms. The van der Waals surface area contributed by atoms with Gasteiger partial charge in [-0.15, -0.1) is 0 Å². The van der Waals surface area contributed by atoms with Crippen molar-refractivity contribution in [3.05, 3.63) is 64.1 Å². The van der Waals surface area contributed by atoms with Crippen molar-refractivity contribution in [1.82, 2.24) is 0 Å². The van der Waals surface area contributed by atoms with E-state index in [-0.39, 0.29) is 10.2 Å². The molecule has 1 atom stereocenters. The van der Waals surface area contributed by atoms with E-state index in [1.165, 1.54) is 36.4 Å². The Kier molecular flexibility index (Phi) is 4.34. The number of halogens is 3. The largest absolute Gasteiger partial charge is 0.368 e. The topological polar surface area (TPSA) is 55.1 Å². The number of anilines is 1. The fourth-order valence-electron chi connectivity index (χ4n) is 1.74. The number of nitrogens with one attached hydrogen (secondary N) is 1. The molecule has 0 spiro atoms. The minimum Gasteiger partial charge on any atom is -0.368 e. The second-order valence-corrected chi connectivity index (χ2v) is 4.99. The Bertz CT molecular complexity index is 649. The molecule has 0 fully saturated rings. The van der Waals surface area contributed by atoms with Crippen LogP contribution in [-0.4, -0.2) is 5.91 Å². The molecule has 0 aliphatic heterocycles. The van der Waals surface area contributed by atoms with Gasteiger partial charge in [0, 0.05) is 0 Å². The molecule has 0 heterocycles. The minimum atomic E-state index is -0.955. The maximum atomic E-state index is 13.6. The summed E-state index contributed by atoms with van der Waals surface area (Å²) in [5.74, 6) is -1.64. The normalized spacial score (nSPS) is 11.9. The third-order valence-corrected chi connectivity index (χ3v) is 3.34. The van der Waals surface area contributed by atoms with Gasteiger partial charge in [0.2, 0.25) is 5.91 Å². The number of amides is 1. The zero-order valence-electron chi connectivity index (χ0n) is 10.2. The molecule has 0 saturated carbocycles. The van der Waals surface area contributed by atoms with E-state index in [1.54, 1.807) is 6.07 Å². The molecule has 20 heavy (non-hydrogen) atoms. The van der Waals surface area contributed by atoms with Crippen LogP contribution in [0, 0.1) is 11.6 Å². The molecular formula is C14H11BrF2N2O. The molecule has 2 rings (SSSR count). The van der Waals surface area contributed by atoms with Crippen LogP contribution in [0.3, 0.4) is 0 Å². The molecule has 6 heteroatoms. The van der Waals surface area contributed by atoms with Crippen molar-refractivity contribution >= 4 is 27.5 Å². The summed E-state index contributed by atoms with van der Waals surface area (Å²) in [6, 6.07) is 9.02. The molecule has 1 amide bonds. The number of para-hydroxylation sites is 1. The second-order valence-electron chi connectivity index (χ2n) is 4.13. The molecule has 0 radical (unpaired) electrons. The van der Waals surface area contributed by atoms with Gasteiger partial charge in [-0.3, -0.25) is 4.79 Å². The summed E-state index contributed by atoms with van der Waals surface area (Å²) in [6.07, 6.45) is 0.